The number of benzene rings is 2. The first-order chi connectivity index (χ1) is 15.1. The van der Waals surface area contributed by atoms with Crippen molar-refractivity contribution in [3.63, 3.8) is 0 Å². The monoisotopic (exact) mass is 421 g/mol. The summed E-state index contributed by atoms with van der Waals surface area (Å²) in [7, 11) is 0. The molecule has 1 fully saturated rings. The number of piperazine rings is 1. The quantitative estimate of drug-likeness (QED) is 0.577. The average molecular weight is 422 g/mol. The summed E-state index contributed by atoms with van der Waals surface area (Å²) in [5, 5.41) is 3.06. The lowest BCUT2D eigenvalue weighted by Crippen LogP contribution is -2.48. The third-order valence-corrected chi connectivity index (χ3v) is 6.05. The molecule has 0 spiro atoms. The number of rotatable bonds is 9. The molecule has 5 heteroatoms. The molecule has 3 rings (SSSR count). The molecule has 166 valence electrons. The second-order valence-corrected chi connectivity index (χ2v) is 8.23. The van der Waals surface area contributed by atoms with Gasteiger partial charge >= 0.3 is 0 Å². The first kappa shape index (κ1) is 22.9. The summed E-state index contributed by atoms with van der Waals surface area (Å²) in [5.41, 5.74) is 2.99. The first-order valence-electron chi connectivity index (χ1n) is 11.6. The van der Waals surface area contributed by atoms with Crippen LogP contribution in [-0.4, -0.2) is 42.9 Å². The number of amides is 2. The fourth-order valence-corrected chi connectivity index (χ4v) is 4.14. The lowest BCUT2D eigenvalue weighted by atomic mass is 9.95. The summed E-state index contributed by atoms with van der Waals surface area (Å²) >= 11 is 0. The first-order valence-corrected chi connectivity index (χ1v) is 11.6. The van der Waals surface area contributed by atoms with Crippen LogP contribution in [0.4, 0.5) is 11.4 Å². The number of anilines is 2. The van der Waals surface area contributed by atoms with Crippen LogP contribution in [0.1, 0.15) is 57.4 Å². The summed E-state index contributed by atoms with van der Waals surface area (Å²) < 4.78 is 0. The molecule has 0 saturated carbocycles. The third-order valence-electron chi connectivity index (χ3n) is 6.05. The summed E-state index contributed by atoms with van der Waals surface area (Å²) in [4.78, 5) is 29.4. The van der Waals surface area contributed by atoms with E-state index in [1.54, 1.807) is 0 Å². The number of hydrogen-bond acceptors (Lipinski definition) is 3. The molecule has 0 aliphatic carbocycles. The van der Waals surface area contributed by atoms with E-state index in [-0.39, 0.29) is 17.7 Å². The van der Waals surface area contributed by atoms with Gasteiger partial charge in [0.05, 0.1) is 5.92 Å². The van der Waals surface area contributed by atoms with Crippen molar-refractivity contribution >= 4 is 23.2 Å². The molecular formula is C26H35N3O2. The van der Waals surface area contributed by atoms with Gasteiger partial charge in [0, 0.05) is 44.0 Å². The number of nitrogens with one attached hydrogen (secondary N) is 1. The zero-order valence-electron chi connectivity index (χ0n) is 18.8. The molecule has 2 aromatic rings. The predicted molar refractivity (Wildman–Crippen MR) is 127 cm³/mol. The molecule has 5 nitrogen and oxygen atoms in total. The molecule has 1 heterocycles. The van der Waals surface area contributed by atoms with Crippen LogP contribution >= 0.6 is 0 Å². The van der Waals surface area contributed by atoms with E-state index < -0.39 is 0 Å². The number of unbranched alkanes of at least 4 members (excludes halogenated alkanes) is 2. The van der Waals surface area contributed by atoms with Crippen molar-refractivity contribution in [1.29, 1.82) is 0 Å². The molecule has 0 aromatic heterocycles. The molecule has 2 aromatic carbocycles. The van der Waals surface area contributed by atoms with Crippen LogP contribution in [0.2, 0.25) is 0 Å². The summed E-state index contributed by atoms with van der Waals surface area (Å²) in [6.45, 7) is 7.44. The number of nitrogens with zero attached hydrogens (tertiary/aromatic N) is 2. The highest BCUT2D eigenvalue weighted by Gasteiger charge is 2.21. The summed E-state index contributed by atoms with van der Waals surface area (Å²) in [6.07, 6.45) is 4.69. The predicted octanol–water partition coefficient (Wildman–Crippen LogP) is 5.05. The van der Waals surface area contributed by atoms with Gasteiger partial charge in [-0.2, -0.15) is 0 Å². The molecule has 1 aliphatic rings. The Kier molecular flexibility index (Phi) is 8.51. The molecule has 1 N–H and O–H groups in total. The molecular weight excluding hydrogens is 386 g/mol. The van der Waals surface area contributed by atoms with Gasteiger partial charge in [-0.25, -0.2) is 0 Å². The highest BCUT2D eigenvalue weighted by Crippen LogP contribution is 2.24. The van der Waals surface area contributed by atoms with Crippen LogP contribution in [0, 0.1) is 0 Å². The third kappa shape index (κ3) is 6.33. The Bertz CT molecular complexity index is 827. The van der Waals surface area contributed by atoms with Gasteiger partial charge in [0.25, 0.3) is 0 Å². The normalized spacial score (nSPS) is 14.9. The lowest BCUT2D eigenvalue weighted by molar-refractivity contribution is -0.131. The Balaban J connectivity index is 1.51. The Morgan fingerprint density at radius 1 is 0.903 bits per heavy atom. The smallest absolute Gasteiger partial charge is 0.231 e. The average Bonchev–Trinajstić information content (AvgIpc) is 2.81. The molecule has 31 heavy (non-hydrogen) atoms. The van der Waals surface area contributed by atoms with Crippen molar-refractivity contribution in [2.45, 2.75) is 51.9 Å². The van der Waals surface area contributed by atoms with E-state index >= 15 is 0 Å². The lowest BCUT2D eigenvalue weighted by Gasteiger charge is -2.36. The number of carbonyl (C=O) groups is 2. The minimum Gasteiger partial charge on any atom is -0.368 e. The van der Waals surface area contributed by atoms with Gasteiger partial charge in [-0.3, -0.25) is 9.59 Å². The number of hydrogen-bond donors (Lipinski definition) is 1. The highest BCUT2D eigenvalue weighted by molar-refractivity contribution is 5.96. The second-order valence-electron chi connectivity index (χ2n) is 8.23. The van der Waals surface area contributed by atoms with Crippen LogP contribution in [0.25, 0.3) is 0 Å². The molecule has 0 bridgehead atoms. The Labute approximate surface area is 186 Å². The van der Waals surface area contributed by atoms with Crippen LogP contribution in [-0.2, 0) is 9.59 Å². The van der Waals surface area contributed by atoms with Crippen molar-refractivity contribution in [3.8, 4) is 0 Å². The maximum Gasteiger partial charge on any atom is 0.231 e. The van der Waals surface area contributed by atoms with E-state index in [2.05, 4.69) is 29.3 Å². The van der Waals surface area contributed by atoms with Gasteiger partial charge in [-0.1, -0.05) is 57.0 Å². The van der Waals surface area contributed by atoms with Crippen molar-refractivity contribution in [2.75, 3.05) is 36.4 Å². The minimum absolute atomic E-state index is 0.0247. The van der Waals surface area contributed by atoms with Crippen molar-refractivity contribution < 1.29 is 9.59 Å². The number of carbonyl (C=O) groups excluding carboxylic acids is 2. The van der Waals surface area contributed by atoms with Crippen molar-refractivity contribution in [3.05, 3.63) is 60.2 Å². The molecule has 1 saturated heterocycles. The van der Waals surface area contributed by atoms with E-state index in [9.17, 15) is 9.59 Å². The molecule has 2 amide bonds. The van der Waals surface area contributed by atoms with E-state index in [1.807, 2.05) is 54.3 Å². The van der Waals surface area contributed by atoms with E-state index in [0.717, 1.165) is 68.8 Å². The molecule has 1 aliphatic heterocycles. The topological polar surface area (TPSA) is 52.7 Å². The van der Waals surface area contributed by atoms with Gasteiger partial charge in [0.15, 0.2) is 0 Å². The SMILES string of the molecule is CCCCCC(=O)N1CCN(c2ccc(NC(=O)C(CC)c3ccccc3)cc2)CC1. The molecule has 1 atom stereocenters. The van der Waals surface area contributed by atoms with E-state index in [1.165, 1.54) is 0 Å². The van der Waals surface area contributed by atoms with Gasteiger partial charge in [-0.05, 0) is 42.7 Å². The van der Waals surface area contributed by atoms with E-state index in [0.29, 0.717) is 6.42 Å². The fourth-order valence-electron chi connectivity index (χ4n) is 4.14. The largest absolute Gasteiger partial charge is 0.368 e. The zero-order chi connectivity index (χ0) is 22.1. The van der Waals surface area contributed by atoms with Crippen molar-refractivity contribution in [1.82, 2.24) is 4.90 Å². The highest BCUT2D eigenvalue weighted by atomic mass is 16.2. The molecule has 1 unspecified atom stereocenters. The van der Waals surface area contributed by atoms with Gasteiger partial charge in [0.1, 0.15) is 0 Å². The minimum atomic E-state index is -0.149. The Morgan fingerprint density at radius 3 is 2.19 bits per heavy atom. The molecule has 0 radical (unpaired) electrons. The maximum absolute atomic E-state index is 12.8. The van der Waals surface area contributed by atoms with Crippen LogP contribution in [0.3, 0.4) is 0 Å². The fraction of sp³-hybridized carbons (Fsp3) is 0.462. The van der Waals surface area contributed by atoms with Gasteiger partial charge in [-0.15, -0.1) is 0 Å². The van der Waals surface area contributed by atoms with Gasteiger partial charge in [0.2, 0.25) is 11.8 Å². The van der Waals surface area contributed by atoms with Crippen LogP contribution in [0.5, 0.6) is 0 Å². The van der Waals surface area contributed by atoms with Crippen molar-refractivity contribution in [2.24, 2.45) is 0 Å². The van der Waals surface area contributed by atoms with Gasteiger partial charge < -0.3 is 15.1 Å². The van der Waals surface area contributed by atoms with Crippen LogP contribution in [0.15, 0.2) is 54.6 Å². The Morgan fingerprint density at radius 2 is 1.58 bits per heavy atom. The second kappa shape index (κ2) is 11.5. The van der Waals surface area contributed by atoms with E-state index in [4.69, 9.17) is 0 Å². The summed E-state index contributed by atoms with van der Waals surface area (Å²) in [6, 6.07) is 18.0. The summed E-state index contributed by atoms with van der Waals surface area (Å²) in [5.74, 6) is 0.163. The Hall–Kier alpha value is -2.82. The standard InChI is InChI=1S/C26H35N3O2/c1-3-5-7-12-25(30)29-19-17-28(18-20-29)23-15-13-22(14-16-23)27-26(31)24(4-2)21-10-8-6-9-11-21/h6,8-11,13-16,24H,3-5,7,12,17-20H2,1-2H3,(H,27,31). The van der Waals surface area contributed by atoms with Crippen LogP contribution < -0.4 is 10.2 Å². The maximum atomic E-state index is 12.8. The zero-order valence-corrected chi connectivity index (χ0v) is 18.8.